The molecule has 0 radical (unpaired) electrons. The first kappa shape index (κ1) is 13.2. The molecule has 2 atom stereocenters. The van der Waals surface area contributed by atoms with E-state index in [-0.39, 0.29) is 23.7 Å². The summed E-state index contributed by atoms with van der Waals surface area (Å²) in [7, 11) is 0. The van der Waals surface area contributed by atoms with Crippen LogP contribution in [-0.2, 0) is 9.59 Å². The number of rotatable bonds is 4. The molecule has 0 saturated carbocycles. The zero-order valence-electron chi connectivity index (χ0n) is 10.7. The highest BCUT2D eigenvalue weighted by Gasteiger charge is 2.29. The summed E-state index contributed by atoms with van der Waals surface area (Å²) in [5.74, 6) is 0.509. The summed E-state index contributed by atoms with van der Waals surface area (Å²) in [6.45, 7) is 6.45. The quantitative estimate of drug-likeness (QED) is 0.736. The molecule has 1 aliphatic rings. The summed E-state index contributed by atoms with van der Waals surface area (Å²) in [6, 6.07) is 0.160. The van der Waals surface area contributed by atoms with Gasteiger partial charge < -0.3 is 4.90 Å². The van der Waals surface area contributed by atoms with Gasteiger partial charge in [0.15, 0.2) is 0 Å². The molecule has 0 spiro atoms. The average molecular weight is 225 g/mol. The molecule has 0 aromatic heterocycles. The van der Waals surface area contributed by atoms with Crippen LogP contribution in [-0.4, -0.2) is 29.2 Å². The highest BCUT2D eigenvalue weighted by molar-refractivity contribution is 5.81. The van der Waals surface area contributed by atoms with E-state index >= 15 is 0 Å². The molecule has 1 heterocycles. The summed E-state index contributed by atoms with van der Waals surface area (Å²) in [6.07, 6.45) is 4.62. The van der Waals surface area contributed by atoms with Gasteiger partial charge in [0, 0.05) is 24.9 Å². The summed E-state index contributed by atoms with van der Waals surface area (Å²) in [5, 5.41) is 0. The Kier molecular flexibility index (Phi) is 4.97. The third-order valence-electron chi connectivity index (χ3n) is 3.47. The molecule has 16 heavy (non-hydrogen) atoms. The minimum absolute atomic E-state index is 0.0903. The van der Waals surface area contributed by atoms with Crippen LogP contribution in [0.4, 0.5) is 0 Å². The number of piperidine rings is 1. The number of Topliss-reactive ketones (excluding diaryl/α,β-unsaturated/α-hetero) is 1. The van der Waals surface area contributed by atoms with Crippen molar-refractivity contribution in [3.8, 4) is 0 Å². The largest absolute Gasteiger partial charge is 0.339 e. The first-order valence-electron chi connectivity index (χ1n) is 6.36. The van der Waals surface area contributed by atoms with Gasteiger partial charge in [-0.15, -0.1) is 0 Å². The second kappa shape index (κ2) is 6.02. The van der Waals surface area contributed by atoms with Crippen LogP contribution in [0.25, 0.3) is 0 Å². The second-order valence-electron chi connectivity index (χ2n) is 4.90. The van der Waals surface area contributed by atoms with Gasteiger partial charge in [-0.2, -0.15) is 0 Å². The maximum atomic E-state index is 12.1. The van der Waals surface area contributed by atoms with Gasteiger partial charge in [0.05, 0.1) is 0 Å². The Bertz CT molecular complexity index is 263. The fourth-order valence-corrected chi connectivity index (χ4v) is 2.29. The standard InChI is InChI=1S/C13H23NO2/c1-4-10(2)13(16)14-8-6-5-7-12(14)9-11(3)15/h10,12H,4-9H2,1-3H3. The first-order valence-corrected chi connectivity index (χ1v) is 6.36. The molecule has 3 nitrogen and oxygen atoms in total. The topological polar surface area (TPSA) is 37.4 Å². The van der Waals surface area contributed by atoms with Gasteiger partial charge in [-0.25, -0.2) is 0 Å². The molecule has 2 unspecified atom stereocenters. The number of hydrogen-bond donors (Lipinski definition) is 0. The smallest absolute Gasteiger partial charge is 0.225 e. The fraction of sp³-hybridized carbons (Fsp3) is 0.846. The van der Waals surface area contributed by atoms with Crippen molar-refractivity contribution in [3.63, 3.8) is 0 Å². The molecular weight excluding hydrogens is 202 g/mol. The van der Waals surface area contributed by atoms with Crippen LogP contribution in [0.3, 0.4) is 0 Å². The van der Waals surface area contributed by atoms with Gasteiger partial charge >= 0.3 is 0 Å². The van der Waals surface area contributed by atoms with E-state index in [2.05, 4.69) is 0 Å². The molecule has 1 amide bonds. The van der Waals surface area contributed by atoms with Gasteiger partial charge in [-0.1, -0.05) is 13.8 Å². The molecule has 1 fully saturated rings. The highest BCUT2D eigenvalue weighted by Crippen LogP contribution is 2.22. The summed E-state index contributed by atoms with van der Waals surface area (Å²) < 4.78 is 0. The van der Waals surface area contributed by atoms with Crippen molar-refractivity contribution in [2.75, 3.05) is 6.54 Å². The Morgan fingerprint density at radius 2 is 2.06 bits per heavy atom. The first-order chi connectivity index (χ1) is 7.56. The van der Waals surface area contributed by atoms with Crippen LogP contribution < -0.4 is 0 Å². The minimum Gasteiger partial charge on any atom is -0.339 e. The van der Waals surface area contributed by atoms with Crippen molar-refractivity contribution < 1.29 is 9.59 Å². The normalized spacial score (nSPS) is 22.9. The Labute approximate surface area is 98.2 Å². The lowest BCUT2D eigenvalue weighted by molar-refractivity contribution is -0.139. The summed E-state index contributed by atoms with van der Waals surface area (Å²) >= 11 is 0. The van der Waals surface area contributed by atoms with Crippen molar-refractivity contribution in [1.82, 2.24) is 4.90 Å². The average Bonchev–Trinajstić information content (AvgIpc) is 2.27. The fourth-order valence-electron chi connectivity index (χ4n) is 2.29. The molecule has 0 aromatic carbocycles. The van der Waals surface area contributed by atoms with Gasteiger partial charge in [0.25, 0.3) is 0 Å². The monoisotopic (exact) mass is 225 g/mol. The number of likely N-dealkylation sites (tertiary alicyclic amines) is 1. The maximum Gasteiger partial charge on any atom is 0.225 e. The van der Waals surface area contributed by atoms with E-state index in [1.54, 1.807) is 6.92 Å². The lowest BCUT2D eigenvalue weighted by atomic mass is 9.95. The molecule has 0 aromatic rings. The Morgan fingerprint density at radius 3 is 2.62 bits per heavy atom. The molecular formula is C13H23NO2. The molecule has 3 heteroatoms. The number of nitrogens with zero attached hydrogens (tertiary/aromatic N) is 1. The molecule has 0 bridgehead atoms. The van der Waals surface area contributed by atoms with Gasteiger partial charge in [-0.3, -0.25) is 9.59 Å². The third-order valence-corrected chi connectivity index (χ3v) is 3.47. The van der Waals surface area contributed by atoms with Crippen LogP contribution in [0.1, 0.15) is 52.9 Å². The lowest BCUT2D eigenvalue weighted by Gasteiger charge is -2.37. The molecule has 92 valence electrons. The number of carbonyl (C=O) groups is 2. The van der Waals surface area contributed by atoms with Crippen molar-refractivity contribution in [2.45, 2.75) is 58.9 Å². The van der Waals surface area contributed by atoms with E-state index < -0.39 is 0 Å². The summed E-state index contributed by atoms with van der Waals surface area (Å²) in [5.41, 5.74) is 0. The van der Waals surface area contributed by atoms with E-state index in [1.807, 2.05) is 18.7 Å². The number of ketones is 1. The van der Waals surface area contributed by atoms with Crippen molar-refractivity contribution >= 4 is 11.7 Å². The highest BCUT2D eigenvalue weighted by atomic mass is 16.2. The van der Waals surface area contributed by atoms with Crippen LogP contribution in [0, 0.1) is 5.92 Å². The predicted molar refractivity (Wildman–Crippen MR) is 64.1 cm³/mol. The Morgan fingerprint density at radius 1 is 1.38 bits per heavy atom. The van der Waals surface area contributed by atoms with Gasteiger partial charge in [0.1, 0.15) is 5.78 Å². The number of hydrogen-bond acceptors (Lipinski definition) is 2. The zero-order chi connectivity index (χ0) is 12.1. The van der Waals surface area contributed by atoms with Crippen LogP contribution >= 0.6 is 0 Å². The zero-order valence-corrected chi connectivity index (χ0v) is 10.7. The number of carbonyl (C=O) groups excluding carboxylic acids is 2. The molecule has 1 saturated heterocycles. The molecule has 1 aliphatic heterocycles. The lowest BCUT2D eigenvalue weighted by Crippen LogP contribution is -2.46. The van der Waals surface area contributed by atoms with Crippen molar-refractivity contribution in [3.05, 3.63) is 0 Å². The van der Waals surface area contributed by atoms with E-state index in [4.69, 9.17) is 0 Å². The predicted octanol–water partition coefficient (Wildman–Crippen LogP) is 2.39. The van der Waals surface area contributed by atoms with Crippen molar-refractivity contribution in [1.29, 1.82) is 0 Å². The van der Waals surface area contributed by atoms with E-state index in [0.29, 0.717) is 6.42 Å². The van der Waals surface area contributed by atoms with Crippen LogP contribution in [0.5, 0.6) is 0 Å². The second-order valence-corrected chi connectivity index (χ2v) is 4.90. The van der Waals surface area contributed by atoms with E-state index in [0.717, 1.165) is 32.2 Å². The minimum atomic E-state index is 0.0903. The molecule has 0 N–H and O–H groups in total. The SMILES string of the molecule is CCC(C)C(=O)N1CCCCC1CC(C)=O. The number of amides is 1. The van der Waals surface area contributed by atoms with Gasteiger partial charge in [0.2, 0.25) is 5.91 Å². The third kappa shape index (κ3) is 3.32. The Balaban J connectivity index is 2.65. The van der Waals surface area contributed by atoms with E-state index in [1.165, 1.54) is 0 Å². The van der Waals surface area contributed by atoms with Crippen LogP contribution in [0.15, 0.2) is 0 Å². The van der Waals surface area contributed by atoms with Crippen LogP contribution in [0.2, 0.25) is 0 Å². The van der Waals surface area contributed by atoms with Gasteiger partial charge in [-0.05, 0) is 32.6 Å². The van der Waals surface area contributed by atoms with Crippen molar-refractivity contribution in [2.24, 2.45) is 5.92 Å². The Hall–Kier alpha value is -0.860. The summed E-state index contributed by atoms with van der Waals surface area (Å²) in [4.78, 5) is 25.3. The maximum absolute atomic E-state index is 12.1. The molecule has 1 rings (SSSR count). The molecule has 0 aliphatic carbocycles. The van der Waals surface area contributed by atoms with E-state index in [9.17, 15) is 9.59 Å².